The van der Waals surface area contributed by atoms with Gasteiger partial charge in [-0.05, 0) is 34.9 Å². The number of ether oxygens (including phenoxy) is 5. The molecule has 12 nitrogen and oxygen atoms in total. The number of aliphatic hydroxyl groups is 1. The number of carbonyl (C=O) groups is 5. The number of fused-ring (bicyclic) bond motifs is 4. The molecule has 51 heavy (non-hydrogen) atoms. The van der Waals surface area contributed by atoms with Crippen molar-refractivity contribution < 1.29 is 52.8 Å². The van der Waals surface area contributed by atoms with Gasteiger partial charge in [0, 0.05) is 51.0 Å². The van der Waals surface area contributed by atoms with E-state index >= 15 is 0 Å². The Morgan fingerprint density at radius 1 is 0.882 bits per heavy atom. The molecule has 0 radical (unpaired) electrons. The molecule has 0 unspecified atom stereocenters. The third-order valence-electron chi connectivity index (χ3n) is 10.8. The first-order valence-electron chi connectivity index (χ1n) is 17.1. The molecule has 2 N–H and O–H groups in total. The maximum atomic E-state index is 13.7. The number of rotatable bonds is 9. The van der Waals surface area contributed by atoms with Crippen LogP contribution in [0.2, 0.25) is 0 Å². The molecule has 1 saturated heterocycles. The van der Waals surface area contributed by atoms with Crippen molar-refractivity contribution in [2.24, 2.45) is 17.3 Å². The van der Waals surface area contributed by atoms with E-state index in [4.69, 9.17) is 23.7 Å². The Kier molecular flexibility index (Phi) is 9.93. The SMILES string of the molecule is CC(=O)O[C@H]1C=C2C(=C[C@@H]3[C@]4(OC(C)=O)CO[C@@H]4C[C@H](OC(C)=O)[C@@]13C)C[C@@H](OC(=O)[C@H](O)[C@@H](NC(=O)c1ccccc1)c1ccccc1)[C@@H]2C. The summed E-state index contributed by atoms with van der Waals surface area (Å²) >= 11 is 0. The van der Waals surface area contributed by atoms with Crippen molar-refractivity contribution in [3.8, 4) is 0 Å². The predicted molar refractivity (Wildman–Crippen MR) is 180 cm³/mol. The van der Waals surface area contributed by atoms with Crippen molar-refractivity contribution in [3.05, 3.63) is 95.1 Å². The van der Waals surface area contributed by atoms with Gasteiger partial charge in [-0.1, -0.05) is 68.5 Å². The zero-order valence-electron chi connectivity index (χ0n) is 29.2. The Bertz CT molecular complexity index is 1760. The standard InChI is InChI=1S/C39H43NO11/c1-21-28-18-31(48-22(2)41)38(5)30(39(51-24(4)43)20-47-33(39)19-32(38)49-23(3)42)17-27(28)16-29(21)50-37(46)35(44)34(25-12-8-6-9-13-25)40-36(45)26-14-10-7-11-15-26/h6-15,17-18,21,29-35,44H,16,19-20H2,1-5H3,(H,40,45)/t21-,29-,30+,31+,32+,33-,34+,35-,38-,39-/m1/s1. The highest BCUT2D eigenvalue weighted by molar-refractivity contribution is 5.95. The van der Waals surface area contributed by atoms with Crippen LogP contribution in [0.4, 0.5) is 0 Å². The highest BCUT2D eigenvalue weighted by Gasteiger charge is 2.71. The highest BCUT2D eigenvalue weighted by atomic mass is 16.6. The molecule has 3 fully saturated rings. The minimum Gasteiger partial charge on any atom is -0.462 e. The van der Waals surface area contributed by atoms with E-state index in [1.54, 1.807) is 60.7 Å². The average molecular weight is 702 g/mol. The van der Waals surface area contributed by atoms with E-state index in [1.807, 2.05) is 26.0 Å². The summed E-state index contributed by atoms with van der Waals surface area (Å²) in [5, 5.41) is 14.2. The third-order valence-corrected chi connectivity index (χ3v) is 10.8. The quantitative estimate of drug-likeness (QED) is 0.288. The van der Waals surface area contributed by atoms with E-state index in [0.717, 1.165) is 11.1 Å². The summed E-state index contributed by atoms with van der Waals surface area (Å²) in [6, 6.07) is 16.0. The Balaban J connectivity index is 1.32. The molecule has 1 heterocycles. The Hall–Kier alpha value is -4.81. The van der Waals surface area contributed by atoms with Crippen LogP contribution in [-0.2, 0) is 42.9 Å². The molecule has 10 atom stereocenters. The number of hydrogen-bond donors (Lipinski definition) is 2. The van der Waals surface area contributed by atoms with Crippen LogP contribution >= 0.6 is 0 Å². The lowest BCUT2D eigenvalue weighted by Crippen LogP contribution is -2.75. The fraction of sp³-hybridized carbons (Fsp3) is 0.462. The number of aliphatic hydroxyl groups excluding tert-OH is 1. The van der Waals surface area contributed by atoms with Crippen molar-refractivity contribution in [2.45, 2.75) is 89.6 Å². The van der Waals surface area contributed by atoms with Crippen LogP contribution in [-0.4, -0.2) is 77.6 Å². The summed E-state index contributed by atoms with van der Waals surface area (Å²) in [6.45, 7) is 7.74. The predicted octanol–water partition coefficient (Wildman–Crippen LogP) is 3.93. The molecule has 2 aromatic rings. The fourth-order valence-electron chi connectivity index (χ4n) is 8.21. The van der Waals surface area contributed by atoms with Crippen LogP contribution in [0.3, 0.4) is 0 Å². The average Bonchev–Trinajstić information content (AvgIpc) is 3.30. The number of benzene rings is 2. The maximum absolute atomic E-state index is 13.7. The molecule has 1 amide bonds. The molecule has 2 saturated carbocycles. The van der Waals surface area contributed by atoms with E-state index in [9.17, 15) is 29.1 Å². The van der Waals surface area contributed by atoms with E-state index in [1.165, 1.54) is 20.8 Å². The molecule has 0 spiro atoms. The minimum atomic E-state index is -1.75. The Morgan fingerprint density at radius 2 is 1.53 bits per heavy atom. The van der Waals surface area contributed by atoms with Gasteiger partial charge in [0.2, 0.25) is 0 Å². The molecule has 12 heteroatoms. The largest absolute Gasteiger partial charge is 0.462 e. The van der Waals surface area contributed by atoms with E-state index in [-0.39, 0.29) is 19.4 Å². The van der Waals surface area contributed by atoms with Gasteiger partial charge in [-0.25, -0.2) is 4.79 Å². The fourth-order valence-corrected chi connectivity index (χ4v) is 8.21. The van der Waals surface area contributed by atoms with Crippen molar-refractivity contribution in [2.75, 3.05) is 6.61 Å². The van der Waals surface area contributed by atoms with Gasteiger partial charge in [-0.3, -0.25) is 19.2 Å². The highest BCUT2D eigenvalue weighted by Crippen LogP contribution is 2.60. The first-order valence-corrected chi connectivity index (χ1v) is 17.1. The summed E-state index contributed by atoms with van der Waals surface area (Å²) in [4.78, 5) is 64.3. The zero-order chi connectivity index (χ0) is 36.7. The van der Waals surface area contributed by atoms with Crippen LogP contribution in [0.15, 0.2) is 84.0 Å². The minimum absolute atomic E-state index is 0.0892. The second-order valence-electron chi connectivity index (χ2n) is 14.0. The zero-order valence-corrected chi connectivity index (χ0v) is 29.2. The van der Waals surface area contributed by atoms with Crippen molar-refractivity contribution in [3.63, 3.8) is 0 Å². The first-order chi connectivity index (χ1) is 24.2. The Morgan fingerprint density at radius 3 is 2.12 bits per heavy atom. The third kappa shape index (κ3) is 6.70. The Labute approximate surface area is 296 Å². The molecule has 1 aliphatic heterocycles. The molecular formula is C39H43NO11. The molecule has 3 aliphatic carbocycles. The van der Waals surface area contributed by atoms with Crippen molar-refractivity contribution in [1.82, 2.24) is 5.32 Å². The molecule has 6 rings (SSSR count). The molecule has 4 aliphatic rings. The molecule has 0 bridgehead atoms. The molecule has 0 aromatic heterocycles. The number of hydrogen-bond acceptors (Lipinski definition) is 11. The normalized spacial score (nSPS) is 31.6. The van der Waals surface area contributed by atoms with Gasteiger partial charge in [0.25, 0.3) is 5.91 Å². The van der Waals surface area contributed by atoms with Crippen molar-refractivity contribution in [1.29, 1.82) is 0 Å². The number of carbonyl (C=O) groups excluding carboxylic acids is 5. The maximum Gasteiger partial charge on any atom is 0.337 e. The lowest BCUT2D eigenvalue weighted by Gasteiger charge is -2.62. The number of esters is 4. The smallest absolute Gasteiger partial charge is 0.337 e. The molecular weight excluding hydrogens is 658 g/mol. The summed E-state index contributed by atoms with van der Waals surface area (Å²) in [5.74, 6) is -4.04. The van der Waals surface area contributed by atoms with Crippen LogP contribution in [0.1, 0.15) is 69.4 Å². The summed E-state index contributed by atoms with van der Waals surface area (Å²) in [5.41, 5.74) is 0.202. The lowest BCUT2D eigenvalue weighted by atomic mass is 9.54. The molecule has 270 valence electrons. The molecule has 2 aromatic carbocycles. The lowest BCUT2D eigenvalue weighted by molar-refractivity contribution is -0.321. The van der Waals surface area contributed by atoms with E-state index in [0.29, 0.717) is 11.1 Å². The van der Waals surface area contributed by atoms with Gasteiger partial charge in [-0.2, -0.15) is 0 Å². The van der Waals surface area contributed by atoms with Crippen LogP contribution in [0, 0.1) is 17.3 Å². The number of amides is 1. The second kappa shape index (κ2) is 14.1. The van der Waals surface area contributed by atoms with Gasteiger partial charge in [0.05, 0.1) is 18.1 Å². The monoisotopic (exact) mass is 701 g/mol. The second-order valence-corrected chi connectivity index (χ2v) is 14.0. The van der Waals surface area contributed by atoms with Crippen LogP contribution < -0.4 is 5.32 Å². The van der Waals surface area contributed by atoms with Crippen molar-refractivity contribution >= 4 is 29.8 Å². The number of nitrogens with one attached hydrogen (secondary N) is 1. The van der Waals surface area contributed by atoms with Gasteiger partial charge >= 0.3 is 23.9 Å². The van der Waals surface area contributed by atoms with Crippen LogP contribution in [0.5, 0.6) is 0 Å². The summed E-state index contributed by atoms with van der Waals surface area (Å²) in [7, 11) is 0. The van der Waals surface area contributed by atoms with E-state index < -0.39 is 89.2 Å². The van der Waals surface area contributed by atoms with Crippen LogP contribution in [0.25, 0.3) is 0 Å². The first kappa shape index (κ1) is 36.0. The van der Waals surface area contributed by atoms with Gasteiger partial charge < -0.3 is 34.1 Å². The van der Waals surface area contributed by atoms with Gasteiger partial charge in [0.1, 0.15) is 24.4 Å². The van der Waals surface area contributed by atoms with Gasteiger partial charge in [-0.15, -0.1) is 0 Å². The van der Waals surface area contributed by atoms with Gasteiger partial charge in [0.15, 0.2) is 11.7 Å². The van der Waals surface area contributed by atoms with E-state index in [2.05, 4.69) is 5.32 Å². The summed E-state index contributed by atoms with van der Waals surface area (Å²) in [6.07, 6.45) is -0.530. The summed E-state index contributed by atoms with van der Waals surface area (Å²) < 4.78 is 29.8. The topological polar surface area (TPSA) is 164 Å².